The lowest BCUT2D eigenvalue weighted by Crippen LogP contribution is -2.40. The highest BCUT2D eigenvalue weighted by atomic mass is 16.5. The maximum absolute atomic E-state index is 5.89. The number of fused-ring (bicyclic) bond motifs is 1. The van der Waals surface area contributed by atoms with Crippen molar-refractivity contribution in [2.45, 2.75) is 13.0 Å². The van der Waals surface area contributed by atoms with Gasteiger partial charge in [0.05, 0.1) is 52.2 Å². The Bertz CT molecular complexity index is 732. The Morgan fingerprint density at radius 2 is 2.00 bits per heavy atom. The zero-order valence-electron chi connectivity index (χ0n) is 14.9. The Balaban J connectivity index is 1.65. The highest BCUT2D eigenvalue weighted by molar-refractivity contribution is 5.69. The van der Waals surface area contributed by atoms with Crippen molar-refractivity contribution in [2.75, 3.05) is 39.6 Å². The summed E-state index contributed by atoms with van der Waals surface area (Å²) in [6.45, 7) is 2.14. The molecule has 0 fully saturated rings. The Labute approximate surface area is 144 Å². The Morgan fingerprint density at radius 1 is 1.21 bits per heavy atom. The number of anilines is 1. The third-order valence-electron chi connectivity index (χ3n) is 4.08. The van der Waals surface area contributed by atoms with Gasteiger partial charge in [0.2, 0.25) is 5.88 Å². The van der Waals surface area contributed by atoms with Crippen LogP contribution in [0.5, 0.6) is 5.75 Å². The van der Waals surface area contributed by atoms with Gasteiger partial charge in [-0.05, 0) is 17.1 Å². The average Bonchev–Trinajstić information content (AvgIpc) is 2.85. The number of hydrogen-bond donors (Lipinski definition) is 0. The molecule has 2 aromatic rings. The van der Waals surface area contributed by atoms with E-state index in [9.17, 15) is 0 Å². The largest absolute Gasteiger partial charge is 0.438 e. The molecule has 1 aliphatic rings. The van der Waals surface area contributed by atoms with Gasteiger partial charge in [0, 0.05) is 19.5 Å². The molecule has 1 aromatic heterocycles. The maximum Gasteiger partial charge on any atom is 0.286 e. The van der Waals surface area contributed by atoms with Gasteiger partial charge in [-0.1, -0.05) is 12.1 Å². The van der Waals surface area contributed by atoms with Gasteiger partial charge in [-0.2, -0.15) is 0 Å². The van der Waals surface area contributed by atoms with E-state index in [1.807, 2.05) is 48.6 Å². The Hall–Kier alpha value is -2.40. The SMILES string of the molecule is CN1C(=Cc2cc[n+](CCC[N+](C)(C)C)cn2)Oc2ccccc21. The van der Waals surface area contributed by atoms with Gasteiger partial charge in [-0.15, -0.1) is 0 Å². The Kier molecular flexibility index (Phi) is 4.53. The number of ether oxygens (including phenoxy) is 1. The molecule has 0 aliphatic carbocycles. The summed E-state index contributed by atoms with van der Waals surface area (Å²) in [5.41, 5.74) is 1.97. The molecular formula is C19H26N4O+2. The van der Waals surface area contributed by atoms with E-state index < -0.39 is 0 Å². The lowest BCUT2D eigenvalue weighted by molar-refractivity contribution is -0.873. The van der Waals surface area contributed by atoms with E-state index in [0.717, 1.165) is 47.0 Å². The van der Waals surface area contributed by atoms with Crippen LogP contribution in [0.3, 0.4) is 0 Å². The average molecular weight is 326 g/mol. The van der Waals surface area contributed by atoms with Gasteiger partial charge in [-0.25, -0.2) is 4.57 Å². The van der Waals surface area contributed by atoms with Gasteiger partial charge < -0.3 is 14.1 Å². The quantitative estimate of drug-likeness (QED) is 0.624. The van der Waals surface area contributed by atoms with Crippen LogP contribution < -0.4 is 14.2 Å². The molecule has 0 unspecified atom stereocenters. The molecule has 2 heterocycles. The number of benzene rings is 1. The molecule has 0 radical (unpaired) electrons. The smallest absolute Gasteiger partial charge is 0.286 e. The summed E-state index contributed by atoms with van der Waals surface area (Å²) in [6.07, 6.45) is 7.08. The summed E-state index contributed by atoms with van der Waals surface area (Å²) in [4.78, 5) is 6.57. The van der Waals surface area contributed by atoms with Crippen LogP contribution in [-0.2, 0) is 6.54 Å². The minimum atomic E-state index is 0.798. The van der Waals surface area contributed by atoms with Crippen molar-refractivity contribution in [2.24, 2.45) is 0 Å². The lowest BCUT2D eigenvalue weighted by Gasteiger charge is -2.23. The number of aromatic nitrogens is 2. The van der Waals surface area contributed by atoms with Crippen molar-refractivity contribution < 1.29 is 13.8 Å². The highest BCUT2D eigenvalue weighted by Gasteiger charge is 2.22. The first-order valence-corrected chi connectivity index (χ1v) is 8.30. The summed E-state index contributed by atoms with van der Waals surface area (Å²) in [7, 11) is 8.66. The van der Waals surface area contributed by atoms with Gasteiger partial charge in [-0.3, -0.25) is 0 Å². The molecule has 0 atom stereocenters. The molecule has 0 spiro atoms. The molecule has 1 aromatic carbocycles. The van der Waals surface area contributed by atoms with Gasteiger partial charge in [0.25, 0.3) is 6.33 Å². The fraction of sp³-hybridized carbons (Fsp3) is 0.368. The van der Waals surface area contributed by atoms with E-state index in [-0.39, 0.29) is 0 Å². The third kappa shape index (κ3) is 3.92. The summed E-state index contributed by atoms with van der Waals surface area (Å²) in [5, 5.41) is 0. The topological polar surface area (TPSA) is 29.2 Å². The van der Waals surface area contributed by atoms with E-state index in [1.165, 1.54) is 0 Å². The molecule has 24 heavy (non-hydrogen) atoms. The van der Waals surface area contributed by atoms with Crippen LogP contribution in [0, 0.1) is 0 Å². The summed E-state index contributed by atoms with van der Waals surface area (Å²) in [6, 6.07) is 10.1. The standard InChI is InChI=1S/C19H26N4O/c1-21-17-8-5-6-9-18(17)24-19(21)14-16-10-12-22(15-20-16)11-7-13-23(2,3)4/h5-6,8-10,12,14-15H,7,11,13H2,1-4H3/q+2. The van der Waals surface area contributed by atoms with Crippen LogP contribution in [0.25, 0.3) is 6.08 Å². The number of rotatable bonds is 5. The van der Waals surface area contributed by atoms with E-state index in [4.69, 9.17) is 4.74 Å². The van der Waals surface area contributed by atoms with Crippen LogP contribution in [0.1, 0.15) is 12.1 Å². The molecule has 3 rings (SSSR count). The van der Waals surface area contributed by atoms with Crippen molar-refractivity contribution in [1.29, 1.82) is 0 Å². The highest BCUT2D eigenvalue weighted by Crippen LogP contribution is 2.37. The fourth-order valence-corrected chi connectivity index (χ4v) is 2.71. The molecule has 1 aliphatic heterocycles. The molecule has 0 amide bonds. The molecule has 0 saturated heterocycles. The molecule has 0 N–H and O–H groups in total. The molecule has 0 saturated carbocycles. The third-order valence-corrected chi connectivity index (χ3v) is 4.08. The summed E-state index contributed by atoms with van der Waals surface area (Å²) in [5.74, 6) is 1.68. The second-order valence-electron chi connectivity index (χ2n) is 7.20. The Morgan fingerprint density at radius 3 is 2.67 bits per heavy atom. The number of nitrogens with zero attached hydrogens (tertiary/aromatic N) is 4. The number of para-hydroxylation sites is 2. The summed E-state index contributed by atoms with van der Waals surface area (Å²) >= 11 is 0. The van der Waals surface area contributed by atoms with Crippen molar-refractivity contribution in [3.05, 3.63) is 54.4 Å². The zero-order valence-corrected chi connectivity index (χ0v) is 14.9. The lowest BCUT2D eigenvalue weighted by atomic mass is 10.3. The number of quaternary nitrogens is 1. The predicted molar refractivity (Wildman–Crippen MR) is 95.4 cm³/mol. The second-order valence-corrected chi connectivity index (χ2v) is 7.20. The number of hydrogen-bond acceptors (Lipinski definition) is 3. The van der Waals surface area contributed by atoms with Gasteiger partial charge >= 0.3 is 0 Å². The van der Waals surface area contributed by atoms with Gasteiger partial charge in [0.1, 0.15) is 0 Å². The van der Waals surface area contributed by atoms with Crippen LogP contribution in [0.15, 0.2) is 48.7 Å². The predicted octanol–water partition coefficient (Wildman–Crippen LogP) is 2.29. The van der Waals surface area contributed by atoms with Crippen molar-refractivity contribution >= 4 is 11.8 Å². The fourth-order valence-electron chi connectivity index (χ4n) is 2.71. The van der Waals surface area contributed by atoms with E-state index >= 15 is 0 Å². The first-order valence-electron chi connectivity index (χ1n) is 8.30. The van der Waals surface area contributed by atoms with Crippen LogP contribution in [-0.4, -0.2) is 44.2 Å². The van der Waals surface area contributed by atoms with Crippen molar-refractivity contribution in [1.82, 2.24) is 4.98 Å². The minimum Gasteiger partial charge on any atom is -0.438 e. The van der Waals surface area contributed by atoms with E-state index in [0.29, 0.717) is 0 Å². The molecule has 126 valence electrons. The van der Waals surface area contributed by atoms with E-state index in [2.05, 4.69) is 43.0 Å². The molecular weight excluding hydrogens is 300 g/mol. The van der Waals surface area contributed by atoms with E-state index in [1.54, 1.807) is 0 Å². The minimum absolute atomic E-state index is 0.798. The molecule has 5 heteroatoms. The molecule has 0 bridgehead atoms. The zero-order chi connectivity index (χ0) is 17.2. The number of aryl methyl sites for hydroxylation is 1. The van der Waals surface area contributed by atoms with Gasteiger partial charge in [0.15, 0.2) is 11.4 Å². The van der Waals surface area contributed by atoms with Crippen molar-refractivity contribution in [3.63, 3.8) is 0 Å². The first-order chi connectivity index (χ1) is 11.4. The van der Waals surface area contributed by atoms with Crippen LogP contribution in [0.4, 0.5) is 5.69 Å². The second kappa shape index (κ2) is 6.61. The first kappa shape index (κ1) is 16.5. The van der Waals surface area contributed by atoms with Crippen LogP contribution >= 0.6 is 0 Å². The monoisotopic (exact) mass is 326 g/mol. The molecule has 5 nitrogen and oxygen atoms in total. The van der Waals surface area contributed by atoms with Crippen molar-refractivity contribution in [3.8, 4) is 5.75 Å². The normalized spacial score (nSPS) is 15.5. The maximum atomic E-state index is 5.89. The van der Waals surface area contributed by atoms with Crippen LogP contribution in [0.2, 0.25) is 0 Å². The summed E-state index contributed by atoms with van der Waals surface area (Å²) < 4.78 is 9.01.